The zero-order valence-electron chi connectivity index (χ0n) is 21.5. The summed E-state index contributed by atoms with van der Waals surface area (Å²) in [6, 6.07) is 8.93. The smallest absolute Gasteiger partial charge is 0.343 e. The summed E-state index contributed by atoms with van der Waals surface area (Å²) in [7, 11) is 0.381. The van der Waals surface area contributed by atoms with E-state index >= 15 is 0 Å². The lowest BCUT2D eigenvalue weighted by Gasteiger charge is -2.11. The van der Waals surface area contributed by atoms with E-state index in [2.05, 4.69) is 19.7 Å². The van der Waals surface area contributed by atoms with Crippen LogP contribution in [0.3, 0.4) is 0 Å². The normalized spacial score (nSPS) is 11.4. The molecule has 2 heterocycles. The lowest BCUT2D eigenvalue weighted by atomic mass is 10.1. The first-order valence-electron chi connectivity index (χ1n) is 11.4. The number of imidazole rings is 1. The molecular formula is C26H27N3O7S2. The molecule has 0 bridgehead atoms. The Hall–Kier alpha value is -3.77. The third-order valence-electron chi connectivity index (χ3n) is 5.84. The zero-order chi connectivity index (χ0) is 27.4. The molecule has 10 nitrogen and oxygen atoms in total. The summed E-state index contributed by atoms with van der Waals surface area (Å²) in [4.78, 5) is 23.6. The maximum absolute atomic E-state index is 13.6. The number of hydrogen-bond donors (Lipinski definition) is 1. The average Bonchev–Trinajstić information content (AvgIpc) is 3.33. The number of carbonyl (C=O) groups is 1. The Morgan fingerprint density at radius 1 is 1.03 bits per heavy atom. The summed E-state index contributed by atoms with van der Waals surface area (Å²) in [6.45, 7) is 3.61. The fourth-order valence-electron chi connectivity index (χ4n) is 3.83. The zero-order valence-corrected chi connectivity index (χ0v) is 23.2. The van der Waals surface area contributed by atoms with Gasteiger partial charge in [0.2, 0.25) is 9.84 Å². The van der Waals surface area contributed by atoms with E-state index in [1.807, 2.05) is 13.8 Å². The summed E-state index contributed by atoms with van der Waals surface area (Å²) in [5.41, 5.74) is 3.56. The number of fused-ring (bicyclic) bond motifs is 1. The van der Waals surface area contributed by atoms with Crippen molar-refractivity contribution in [2.24, 2.45) is 0 Å². The van der Waals surface area contributed by atoms with E-state index in [1.54, 1.807) is 19.4 Å². The predicted octanol–water partition coefficient (Wildman–Crippen LogP) is 4.27. The Morgan fingerprint density at radius 2 is 1.76 bits per heavy atom. The minimum Gasteiger partial charge on any atom is -0.497 e. The second kappa shape index (κ2) is 11.3. The van der Waals surface area contributed by atoms with Crippen molar-refractivity contribution >= 4 is 38.6 Å². The number of aromatic nitrogens is 3. The quantitative estimate of drug-likeness (QED) is 0.223. The van der Waals surface area contributed by atoms with Crippen LogP contribution in [0, 0.1) is 13.8 Å². The maximum Gasteiger partial charge on any atom is 0.343 e. The maximum atomic E-state index is 13.6. The minimum absolute atomic E-state index is 0.00416. The third kappa shape index (κ3) is 5.55. The standard InChI is InChI=1S/C26H27N3O7S2/c1-15-12-27-21(16(2)25(15)35-5)14-37-26-28-20-10-18(33-3)11-22(24(20)29-26)38(31,32)19-8-6-17(7-9-19)36-13-23(30)34-4/h6-12H,13-14H2,1-5H3,(H,28,29). The van der Waals surface area contributed by atoms with Crippen LogP contribution in [0.4, 0.5) is 0 Å². The largest absolute Gasteiger partial charge is 0.497 e. The molecule has 0 aliphatic carbocycles. The SMILES string of the molecule is COC(=O)COc1ccc(S(=O)(=O)c2cc(OC)cc3[nH]c(SCc4ncc(C)c(OC)c4C)nc23)cc1. The Balaban J connectivity index is 1.64. The second-order valence-electron chi connectivity index (χ2n) is 8.24. The Labute approximate surface area is 224 Å². The highest BCUT2D eigenvalue weighted by atomic mass is 32.2. The van der Waals surface area contributed by atoms with Crippen LogP contribution >= 0.6 is 11.8 Å². The van der Waals surface area contributed by atoms with E-state index in [4.69, 9.17) is 14.2 Å². The molecule has 2 aromatic carbocycles. The molecule has 1 N–H and O–H groups in total. The number of nitrogens with zero attached hydrogens (tertiary/aromatic N) is 2. The van der Waals surface area contributed by atoms with Crippen LogP contribution in [0.15, 0.2) is 57.5 Å². The summed E-state index contributed by atoms with van der Waals surface area (Å²) in [6.07, 6.45) is 1.77. The van der Waals surface area contributed by atoms with E-state index < -0.39 is 15.8 Å². The minimum atomic E-state index is -3.97. The van der Waals surface area contributed by atoms with Crippen LogP contribution in [0.25, 0.3) is 11.0 Å². The van der Waals surface area contributed by atoms with Crippen LogP contribution < -0.4 is 14.2 Å². The molecule has 0 amide bonds. The number of rotatable bonds is 10. The number of benzene rings is 2. The van der Waals surface area contributed by atoms with Crippen LogP contribution in [-0.2, 0) is 25.1 Å². The summed E-state index contributed by atoms with van der Waals surface area (Å²) >= 11 is 1.40. The number of ether oxygens (including phenoxy) is 4. The van der Waals surface area contributed by atoms with Gasteiger partial charge in [0.25, 0.3) is 0 Å². The molecule has 0 fully saturated rings. The molecule has 0 aliphatic rings. The van der Waals surface area contributed by atoms with Gasteiger partial charge in [0, 0.05) is 35.2 Å². The number of H-pyrrole nitrogens is 1. The number of esters is 1. The van der Waals surface area contributed by atoms with Crippen molar-refractivity contribution in [1.29, 1.82) is 0 Å². The third-order valence-corrected chi connectivity index (χ3v) is 8.51. The Kier molecular flexibility index (Phi) is 8.12. The molecule has 0 saturated carbocycles. The molecule has 38 heavy (non-hydrogen) atoms. The van der Waals surface area contributed by atoms with Gasteiger partial charge in [0.15, 0.2) is 11.8 Å². The first-order chi connectivity index (χ1) is 18.2. The number of aromatic amines is 1. The fourth-order valence-corrected chi connectivity index (χ4v) is 6.16. The van der Waals surface area contributed by atoms with Crippen molar-refractivity contribution < 1.29 is 32.2 Å². The van der Waals surface area contributed by atoms with Gasteiger partial charge in [-0.05, 0) is 38.1 Å². The van der Waals surface area contributed by atoms with Gasteiger partial charge in [-0.1, -0.05) is 11.8 Å². The second-order valence-corrected chi connectivity index (χ2v) is 11.1. The first-order valence-corrected chi connectivity index (χ1v) is 13.9. The van der Waals surface area contributed by atoms with Gasteiger partial charge in [0.1, 0.15) is 27.7 Å². The lowest BCUT2D eigenvalue weighted by Crippen LogP contribution is -2.12. The number of hydrogen-bond acceptors (Lipinski definition) is 10. The van der Waals surface area contributed by atoms with Crippen molar-refractivity contribution in [2.45, 2.75) is 34.5 Å². The van der Waals surface area contributed by atoms with Gasteiger partial charge < -0.3 is 23.9 Å². The predicted molar refractivity (Wildman–Crippen MR) is 142 cm³/mol. The monoisotopic (exact) mass is 557 g/mol. The molecule has 0 aliphatic heterocycles. The molecule has 12 heteroatoms. The van der Waals surface area contributed by atoms with Gasteiger partial charge in [-0.15, -0.1) is 0 Å². The van der Waals surface area contributed by atoms with E-state index in [0.29, 0.717) is 33.4 Å². The topological polar surface area (TPSA) is 130 Å². The highest BCUT2D eigenvalue weighted by Gasteiger charge is 2.24. The summed E-state index contributed by atoms with van der Waals surface area (Å²) < 4.78 is 48.0. The van der Waals surface area contributed by atoms with E-state index in [0.717, 1.165) is 22.6 Å². The number of carbonyl (C=O) groups excluding carboxylic acids is 1. The van der Waals surface area contributed by atoms with Gasteiger partial charge in [-0.25, -0.2) is 18.2 Å². The summed E-state index contributed by atoms with van der Waals surface area (Å²) in [5, 5.41) is 0.539. The molecular weight excluding hydrogens is 530 g/mol. The van der Waals surface area contributed by atoms with Gasteiger partial charge in [-0.3, -0.25) is 4.98 Å². The fraction of sp³-hybridized carbons (Fsp3) is 0.269. The van der Waals surface area contributed by atoms with Crippen LogP contribution in [0.5, 0.6) is 17.2 Å². The number of sulfone groups is 1. The molecule has 0 radical (unpaired) electrons. The molecule has 200 valence electrons. The van der Waals surface area contributed by atoms with Crippen molar-refractivity contribution in [3.8, 4) is 17.2 Å². The van der Waals surface area contributed by atoms with Gasteiger partial charge in [-0.2, -0.15) is 0 Å². The number of aryl methyl sites for hydroxylation is 1. The molecule has 0 unspecified atom stereocenters. The highest BCUT2D eigenvalue weighted by Crippen LogP contribution is 2.35. The molecule has 4 rings (SSSR count). The van der Waals surface area contributed by atoms with Crippen LogP contribution in [0.2, 0.25) is 0 Å². The average molecular weight is 558 g/mol. The van der Waals surface area contributed by atoms with Crippen molar-refractivity contribution in [3.63, 3.8) is 0 Å². The van der Waals surface area contributed by atoms with E-state index in [9.17, 15) is 13.2 Å². The molecule has 2 aromatic heterocycles. The molecule has 0 atom stereocenters. The van der Waals surface area contributed by atoms with E-state index in [1.165, 1.54) is 56.3 Å². The van der Waals surface area contributed by atoms with Crippen LogP contribution in [-0.4, -0.2) is 57.3 Å². The first kappa shape index (κ1) is 27.3. The number of pyridine rings is 1. The summed E-state index contributed by atoms with van der Waals surface area (Å²) in [5.74, 6) is 1.46. The van der Waals surface area contributed by atoms with Gasteiger partial charge >= 0.3 is 5.97 Å². The van der Waals surface area contributed by atoms with Crippen molar-refractivity contribution in [3.05, 3.63) is 59.4 Å². The van der Waals surface area contributed by atoms with E-state index in [-0.39, 0.29) is 16.4 Å². The van der Waals surface area contributed by atoms with Crippen molar-refractivity contribution in [1.82, 2.24) is 15.0 Å². The lowest BCUT2D eigenvalue weighted by molar-refractivity contribution is -0.142. The molecule has 0 spiro atoms. The molecule has 4 aromatic rings. The number of nitrogens with one attached hydrogen (secondary N) is 1. The number of thioether (sulfide) groups is 1. The Bertz CT molecular complexity index is 1580. The Morgan fingerprint density at radius 3 is 2.42 bits per heavy atom. The van der Waals surface area contributed by atoms with Gasteiger partial charge in [0.05, 0.1) is 37.4 Å². The van der Waals surface area contributed by atoms with Crippen molar-refractivity contribution in [2.75, 3.05) is 27.9 Å². The number of methoxy groups -OCH3 is 3. The highest BCUT2D eigenvalue weighted by molar-refractivity contribution is 7.98. The van der Waals surface area contributed by atoms with Crippen LogP contribution in [0.1, 0.15) is 16.8 Å². The molecule has 0 saturated heterocycles.